The SMILES string of the molecule is O=C(CCc1nc(CN2CCN(C(=O)c3ccc(Br)cc3)CC2)no1)N1CCCC1. The van der Waals surface area contributed by atoms with E-state index >= 15 is 0 Å². The number of aryl methyl sites for hydroxylation is 1. The number of piperazine rings is 1. The van der Waals surface area contributed by atoms with Crippen molar-refractivity contribution < 1.29 is 14.1 Å². The molecule has 0 bridgehead atoms. The maximum absolute atomic E-state index is 12.6. The maximum atomic E-state index is 12.6. The molecule has 2 aromatic rings. The third-order valence-corrected chi connectivity index (χ3v) is 6.17. The number of hydrogen-bond donors (Lipinski definition) is 0. The van der Waals surface area contributed by atoms with Crippen molar-refractivity contribution in [3.05, 3.63) is 46.0 Å². The Hall–Kier alpha value is -2.26. The summed E-state index contributed by atoms with van der Waals surface area (Å²) in [5.74, 6) is 1.37. The fourth-order valence-electron chi connectivity index (χ4n) is 3.88. The fraction of sp³-hybridized carbons (Fsp3) is 0.524. The van der Waals surface area contributed by atoms with Crippen molar-refractivity contribution >= 4 is 27.7 Å². The van der Waals surface area contributed by atoms with E-state index in [1.165, 1.54) is 0 Å². The van der Waals surface area contributed by atoms with E-state index in [1.54, 1.807) is 0 Å². The molecule has 3 heterocycles. The highest BCUT2D eigenvalue weighted by atomic mass is 79.9. The van der Waals surface area contributed by atoms with Gasteiger partial charge >= 0.3 is 0 Å². The van der Waals surface area contributed by atoms with Crippen molar-refractivity contribution in [1.82, 2.24) is 24.8 Å². The number of likely N-dealkylation sites (tertiary alicyclic amines) is 1. The number of amides is 2. The minimum Gasteiger partial charge on any atom is -0.343 e. The van der Waals surface area contributed by atoms with Crippen molar-refractivity contribution in [2.45, 2.75) is 32.2 Å². The summed E-state index contributed by atoms with van der Waals surface area (Å²) in [7, 11) is 0. The molecular weight excluding hydrogens is 450 g/mol. The molecular formula is C21H26BrN5O3. The molecule has 2 fully saturated rings. The van der Waals surface area contributed by atoms with Gasteiger partial charge in [-0.3, -0.25) is 14.5 Å². The van der Waals surface area contributed by atoms with Crippen molar-refractivity contribution in [3.63, 3.8) is 0 Å². The number of benzene rings is 1. The Morgan fingerprint density at radius 2 is 1.67 bits per heavy atom. The van der Waals surface area contributed by atoms with E-state index in [2.05, 4.69) is 31.0 Å². The number of nitrogens with zero attached hydrogens (tertiary/aromatic N) is 5. The van der Waals surface area contributed by atoms with Crippen LogP contribution in [0.1, 0.15) is 41.3 Å². The van der Waals surface area contributed by atoms with E-state index in [0.717, 1.165) is 43.5 Å². The second-order valence-electron chi connectivity index (χ2n) is 7.77. The van der Waals surface area contributed by atoms with E-state index in [4.69, 9.17) is 4.52 Å². The molecule has 1 aromatic carbocycles. The van der Waals surface area contributed by atoms with Gasteiger partial charge in [0.05, 0.1) is 6.54 Å². The zero-order chi connectivity index (χ0) is 20.9. The summed E-state index contributed by atoms with van der Waals surface area (Å²) in [4.78, 5) is 35.2. The Kier molecular flexibility index (Phi) is 6.79. The van der Waals surface area contributed by atoms with Gasteiger partial charge in [0.1, 0.15) is 0 Å². The molecule has 0 N–H and O–H groups in total. The summed E-state index contributed by atoms with van der Waals surface area (Å²) in [6.45, 7) is 5.19. The first-order valence-electron chi connectivity index (χ1n) is 10.4. The third-order valence-electron chi connectivity index (χ3n) is 5.64. The quantitative estimate of drug-likeness (QED) is 0.637. The second-order valence-corrected chi connectivity index (χ2v) is 8.68. The molecule has 2 saturated heterocycles. The standard InChI is InChI=1S/C21H26BrN5O3/c22-17-5-3-16(4-6-17)21(29)27-13-11-25(12-14-27)15-18-23-19(30-24-18)7-8-20(28)26-9-1-2-10-26/h3-6H,1-2,7-15H2. The van der Waals surface area contributed by atoms with Crippen LogP contribution in [-0.4, -0.2) is 75.9 Å². The average Bonchev–Trinajstić information content (AvgIpc) is 3.45. The van der Waals surface area contributed by atoms with E-state index in [9.17, 15) is 9.59 Å². The summed E-state index contributed by atoms with van der Waals surface area (Å²) < 4.78 is 6.28. The molecule has 2 amide bonds. The fourth-order valence-corrected chi connectivity index (χ4v) is 4.14. The zero-order valence-corrected chi connectivity index (χ0v) is 18.5. The number of carbonyl (C=O) groups excluding carboxylic acids is 2. The van der Waals surface area contributed by atoms with Crippen LogP contribution in [0.15, 0.2) is 33.3 Å². The van der Waals surface area contributed by atoms with Gasteiger partial charge in [-0.15, -0.1) is 0 Å². The van der Waals surface area contributed by atoms with Gasteiger partial charge in [-0.05, 0) is 37.1 Å². The van der Waals surface area contributed by atoms with Gasteiger partial charge in [0.25, 0.3) is 5.91 Å². The largest absolute Gasteiger partial charge is 0.343 e. The Labute approximate surface area is 184 Å². The number of aromatic nitrogens is 2. The minimum absolute atomic E-state index is 0.0617. The smallest absolute Gasteiger partial charge is 0.253 e. The molecule has 9 heteroatoms. The summed E-state index contributed by atoms with van der Waals surface area (Å²) in [5.41, 5.74) is 0.706. The monoisotopic (exact) mass is 475 g/mol. The first-order chi connectivity index (χ1) is 14.6. The van der Waals surface area contributed by atoms with E-state index in [1.807, 2.05) is 34.1 Å². The maximum Gasteiger partial charge on any atom is 0.253 e. The molecule has 4 rings (SSSR count). The predicted molar refractivity (Wildman–Crippen MR) is 114 cm³/mol. The molecule has 2 aliphatic heterocycles. The van der Waals surface area contributed by atoms with Gasteiger partial charge in [-0.25, -0.2) is 0 Å². The molecule has 0 atom stereocenters. The lowest BCUT2D eigenvalue weighted by molar-refractivity contribution is -0.130. The Morgan fingerprint density at radius 3 is 2.37 bits per heavy atom. The van der Waals surface area contributed by atoms with Gasteiger partial charge in [0.15, 0.2) is 5.82 Å². The van der Waals surface area contributed by atoms with Crippen LogP contribution in [0.4, 0.5) is 0 Å². The Balaban J connectivity index is 1.22. The van der Waals surface area contributed by atoms with Gasteiger partial charge in [0.2, 0.25) is 11.8 Å². The Morgan fingerprint density at radius 1 is 0.967 bits per heavy atom. The zero-order valence-electron chi connectivity index (χ0n) is 16.9. The number of hydrogen-bond acceptors (Lipinski definition) is 6. The van der Waals surface area contributed by atoms with Crippen molar-refractivity contribution in [3.8, 4) is 0 Å². The van der Waals surface area contributed by atoms with Crippen LogP contribution in [0.25, 0.3) is 0 Å². The normalized spacial score (nSPS) is 17.5. The molecule has 0 radical (unpaired) electrons. The van der Waals surface area contributed by atoms with Gasteiger partial charge in [-0.2, -0.15) is 4.98 Å². The summed E-state index contributed by atoms with van der Waals surface area (Å²) in [6, 6.07) is 7.45. The molecule has 8 nitrogen and oxygen atoms in total. The first kappa shape index (κ1) is 21.0. The van der Waals surface area contributed by atoms with Crippen LogP contribution in [0.5, 0.6) is 0 Å². The van der Waals surface area contributed by atoms with Crippen LogP contribution in [-0.2, 0) is 17.8 Å². The van der Waals surface area contributed by atoms with E-state index in [-0.39, 0.29) is 11.8 Å². The number of carbonyl (C=O) groups is 2. The Bertz CT molecular complexity index is 871. The van der Waals surface area contributed by atoms with Crippen LogP contribution >= 0.6 is 15.9 Å². The van der Waals surface area contributed by atoms with Gasteiger partial charge in [0, 0.05) is 62.1 Å². The molecule has 2 aliphatic rings. The lowest BCUT2D eigenvalue weighted by Crippen LogP contribution is -2.48. The van der Waals surface area contributed by atoms with Gasteiger partial charge < -0.3 is 14.3 Å². The summed E-state index contributed by atoms with van der Waals surface area (Å²) in [5, 5.41) is 4.06. The van der Waals surface area contributed by atoms with Gasteiger partial charge in [-0.1, -0.05) is 21.1 Å². The molecule has 0 aliphatic carbocycles. The lowest BCUT2D eigenvalue weighted by Gasteiger charge is -2.34. The predicted octanol–water partition coefficient (Wildman–Crippen LogP) is 2.35. The molecule has 0 saturated carbocycles. The average molecular weight is 476 g/mol. The lowest BCUT2D eigenvalue weighted by atomic mass is 10.2. The molecule has 0 spiro atoms. The number of rotatable bonds is 6. The van der Waals surface area contributed by atoms with Crippen molar-refractivity contribution in [1.29, 1.82) is 0 Å². The van der Waals surface area contributed by atoms with Crippen molar-refractivity contribution in [2.24, 2.45) is 0 Å². The third kappa shape index (κ3) is 5.26. The molecule has 1 aromatic heterocycles. The highest BCUT2D eigenvalue weighted by Gasteiger charge is 2.23. The second kappa shape index (κ2) is 9.70. The first-order valence-corrected chi connectivity index (χ1v) is 11.2. The highest BCUT2D eigenvalue weighted by Crippen LogP contribution is 2.15. The van der Waals surface area contributed by atoms with Crippen LogP contribution in [0, 0.1) is 0 Å². The van der Waals surface area contributed by atoms with Crippen LogP contribution in [0.2, 0.25) is 0 Å². The van der Waals surface area contributed by atoms with Crippen molar-refractivity contribution in [2.75, 3.05) is 39.3 Å². The minimum atomic E-state index is 0.0617. The molecule has 0 unspecified atom stereocenters. The molecule has 30 heavy (non-hydrogen) atoms. The van der Waals surface area contributed by atoms with E-state index in [0.29, 0.717) is 49.8 Å². The van der Waals surface area contributed by atoms with Crippen LogP contribution in [0.3, 0.4) is 0 Å². The molecule has 160 valence electrons. The van der Waals surface area contributed by atoms with E-state index < -0.39 is 0 Å². The number of halogens is 1. The topological polar surface area (TPSA) is 82.8 Å². The van der Waals surface area contributed by atoms with Crippen LogP contribution < -0.4 is 0 Å². The highest BCUT2D eigenvalue weighted by molar-refractivity contribution is 9.10. The summed E-state index contributed by atoms with van der Waals surface area (Å²) >= 11 is 3.39. The summed E-state index contributed by atoms with van der Waals surface area (Å²) in [6.07, 6.45) is 3.09.